The molecule has 3 rings (SSSR count). The molecular formula is C20H22ClF3N4O3S. The van der Waals surface area contributed by atoms with Crippen molar-refractivity contribution in [3.8, 4) is 0 Å². The molecule has 12 heteroatoms. The van der Waals surface area contributed by atoms with E-state index in [1.165, 1.54) is 12.1 Å². The molecule has 1 aromatic carbocycles. The van der Waals surface area contributed by atoms with Gasteiger partial charge >= 0.3 is 6.18 Å². The summed E-state index contributed by atoms with van der Waals surface area (Å²) >= 11 is 6.05. The molecule has 1 saturated heterocycles. The number of carbonyl (C=O) groups excluding carboxylic acids is 1. The molecule has 174 valence electrons. The van der Waals surface area contributed by atoms with Crippen LogP contribution in [-0.4, -0.2) is 50.4 Å². The Hall–Kier alpha value is -2.37. The van der Waals surface area contributed by atoms with Gasteiger partial charge in [-0.2, -0.15) is 13.2 Å². The topological polar surface area (TPSA) is 96.6 Å². The molecule has 0 bridgehead atoms. The molecule has 1 aliphatic rings. The summed E-state index contributed by atoms with van der Waals surface area (Å²) in [7, 11) is -3.76. The van der Waals surface area contributed by atoms with Crippen molar-refractivity contribution in [2.75, 3.05) is 31.1 Å². The van der Waals surface area contributed by atoms with Crippen molar-refractivity contribution in [2.45, 2.75) is 30.3 Å². The average Bonchev–Trinajstić information content (AvgIpc) is 2.97. The summed E-state index contributed by atoms with van der Waals surface area (Å²) < 4.78 is 61.1. The van der Waals surface area contributed by atoms with Gasteiger partial charge in [-0.25, -0.2) is 18.5 Å². The number of nitrogens with two attached hydrogens (primary N) is 1. The quantitative estimate of drug-likeness (QED) is 0.694. The first-order chi connectivity index (χ1) is 14.9. The number of benzene rings is 1. The molecule has 1 fully saturated rings. The van der Waals surface area contributed by atoms with E-state index < -0.39 is 21.8 Å². The Balaban J connectivity index is 1.57. The molecule has 7 nitrogen and oxygen atoms in total. The molecule has 0 saturated carbocycles. The third kappa shape index (κ3) is 6.11. The van der Waals surface area contributed by atoms with Crippen LogP contribution in [0.15, 0.2) is 41.4 Å². The number of aryl methyl sites for hydroxylation is 1. The Morgan fingerprint density at radius 1 is 1.12 bits per heavy atom. The van der Waals surface area contributed by atoms with E-state index in [1.807, 2.05) is 0 Å². The van der Waals surface area contributed by atoms with E-state index in [-0.39, 0.29) is 28.1 Å². The molecule has 0 aliphatic carbocycles. The predicted octanol–water partition coefficient (Wildman–Crippen LogP) is 3.07. The number of primary sulfonamides is 1. The van der Waals surface area contributed by atoms with Crippen molar-refractivity contribution in [1.29, 1.82) is 0 Å². The van der Waals surface area contributed by atoms with Gasteiger partial charge in [0.05, 0.1) is 15.5 Å². The van der Waals surface area contributed by atoms with Crippen LogP contribution in [0.1, 0.15) is 24.0 Å². The highest BCUT2D eigenvalue weighted by Crippen LogP contribution is 2.33. The number of hydrogen-bond acceptors (Lipinski definition) is 5. The number of amides is 1. The minimum Gasteiger partial charge on any atom is -0.354 e. The van der Waals surface area contributed by atoms with E-state index in [0.717, 1.165) is 17.8 Å². The van der Waals surface area contributed by atoms with Gasteiger partial charge in [-0.15, -0.1) is 0 Å². The Morgan fingerprint density at radius 2 is 1.81 bits per heavy atom. The maximum atomic E-state index is 12.8. The Labute approximate surface area is 189 Å². The summed E-state index contributed by atoms with van der Waals surface area (Å²) in [5.74, 6) is 0.206. The zero-order chi connectivity index (χ0) is 23.5. The van der Waals surface area contributed by atoms with Gasteiger partial charge in [-0.1, -0.05) is 23.7 Å². The number of hydrogen-bond donors (Lipinski definition) is 1. The largest absolute Gasteiger partial charge is 0.417 e. The second-order valence-electron chi connectivity index (χ2n) is 7.44. The molecule has 1 aliphatic heterocycles. The van der Waals surface area contributed by atoms with Gasteiger partial charge in [-0.05, 0) is 36.6 Å². The highest BCUT2D eigenvalue weighted by molar-refractivity contribution is 7.89. The lowest BCUT2D eigenvalue weighted by molar-refractivity contribution is -0.137. The van der Waals surface area contributed by atoms with Crippen LogP contribution in [0, 0.1) is 0 Å². The molecular weight excluding hydrogens is 469 g/mol. The molecule has 0 atom stereocenters. The first-order valence-corrected chi connectivity index (χ1v) is 11.7. The SMILES string of the molecule is NS(=O)(=O)c1ccc(CCC(=O)N2CCCN(c3ncc(C(F)(F)F)cc3Cl)CC2)cc1. The fraction of sp³-hybridized carbons (Fsp3) is 0.400. The molecule has 2 N–H and O–H groups in total. The van der Waals surface area contributed by atoms with E-state index in [2.05, 4.69) is 4.98 Å². The number of carbonyl (C=O) groups is 1. The number of rotatable bonds is 5. The number of nitrogens with zero attached hydrogens (tertiary/aromatic N) is 3. The van der Waals surface area contributed by atoms with Crippen LogP contribution in [0.5, 0.6) is 0 Å². The van der Waals surface area contributed by atoms with E-state index in [4.69, 9.17) is 16.7 Å². The maximum absolute atomic E-state index is 12.8. The maximum Gasteiger partial charge on any atom is 0.417 e. The van der Waals surface area contributed by atoms with Crippen molar-refractivity contribution in [3.63, 3.8) is 0 Å². The number of pyridine rings is 1. The van der Waals surface area contributed by atoms with Crippen LogP contribution in [-0.2, 0) is 27.4 Å². The first kappa shape index (κ1) is 24.3. The summed E-state index contributed by atoms with van der Waals surface area (Å²) in [6.45, 7) is 1.81. The smallest absolute Gasteiger partial charge is 0.354 e. The first-order valence-electron chi connectivity index (χ1n) is 9.82. The minimum atomic E-state index is -4.52. The van der Waals surface area contributed by atoms with Gasteiger partial charge in [0.15, 0.2) is 0 Å². The van der Waals surface area contributed by atoms with Crippen LogP contribution >= 0.6 is 11.6 Å². The lowest BCUT2D eigenvalue weighted by Gasteiger charge is -2.24. The summed E-state index contributed by atoms with van der Waals surface area (Å²) in [6, 6.07) is 6.91. The zero-order valence-electron chi connectivity index (χ0n) is 17.0. The van der Waals surface area contributed by atoms with E-state index >= 15 is 0 Å². The van der Waals surface area contributed by atoms with Crippen molar-refractivity contribution in [3.05, 3.63) is 52.7 Å². The van der Waals surface area contributed by atoms with E-state index in [9.17, 15) is 26.4 Å². The lowest BCUT2D eigenvalue weighted by Crippen LogP contribution is -2.35. The van der Waals surface area contributed by atoms with Crippen molar-refractivity contribution >= 4 is 33.3 Å². The van der Waals surface area contributed by atoms with E-state index in [0.29, 0.717) is 39.0 Å². The van der Waals surface area contributed by atoms with Gasteiger partial charge in [0.2, 0.25) is 15.9 Å². The monoisotopic (exact) mass is 490 g/mol. The highest BCUT2D eigenvalue weighted by atomic mass is 35.5. The summed E-state index contributed by atoms with van der Waals surface area (Å²) in [5.41, 5.74) is -0.0992. The number of sulfonamides is 1. The minimum absolute atomic E-state index is 0.00993. The summed E-state index contributed by atoms with van der Waals surface area (Å²) in [4.78, 5) is 20.0. The third-order valence-electron chi connectivity index (χ3n) is 5.18. The van der Waals surface area contributed by atoms with Gasteiger partial charge in [-0.3, -0.25) is 4.79 Å². The zero-order valence-corrected chi connectivity index (χ0v) is 18.6. The Morgan fingerprint density at radius 3 is 2.41 bits per heavy atom. The molecule has 2 aromatic rings. The molecule has 1 aromatic heterocycles. The Bertz CT molecular complexity index is 1080. The van der Waals surface area contributed by atoms with Crippen molar-refractivity contribution < 1.29 is 26.4 Å². The summed E-state index contributed by atoms with van der Waals surface area (Å²) in [6.07, 6.45) is -2.45. The van der Waals surface area contributed by atoms with Crippen LogP contribution in [0.3, 0.4) is 0 Å². The number of aromatic nitrogens is 1. The Kier molecular flexibility index (Phi) is 7.31. The summed E-state index contributed by atoms with van der Waals surface area (Å²) in [5, 5.41) is 4.99. The second-order valence-corrected chi connectivity index (χ2v) is 9.41. The molecule has 0 radical (unpaired) electrons. The van der Waals surface area contributed by atoms with Crippen molar-refractivity contribution in [2.24, 2.45) is 5.14 Å². The van der Waals surface area contributed by atoms with Gasteiger partial charge < -0.3 is 9.80 Å². The van der Waals surface area contributed by atoms with Crippen LogP contribution in [0.2, 0.25) is 5.02 Å². The number of halogens is 4. The van der Waals surface area contributed by atoms with Gasteiger partial charge in [0.1, 0.15) is 5.82 Å². The van der Waals surface area contributed by atoms with Crippen LogP contribution in [0.4, 0.5) is 19.0 Å². The average molecular weight is 491 g/mol. The molecule has 1 amide bonds. The van der Waals surface area contributed by atoms with Crippen LogP contribution < -0.4 is 10.0 Å². The fourth-order valence-corrected chi connectivity index (χ4v) is 4.25. The van der Waals surface area contributed by atoms with Crippen molar-refractivity contribution in [1.82, 2.24) is 9.88 Å². The highest BCUT2D eigenvalue weighted by Gasteiger charge is 2.32. The second kappa shape index (κ2) is 9.63. The van der Waals surface area contributed by atoms with Gasteiger partial charge in [0.25, 0.3) is 0 Å². The normalized spacial score (nSPS) is 15.5. The lowest BCUT2D eigenvalue weighted by atomic mass is 10.1. The fourth-order valence-electron chi connectivity index (χ4n) is 3.45. The molecule has 0 spiro atoms. The molecule has 32 heavy (non-hydrogen) atoms. The number of anilines is 1. The van der Waals surface area contributed by atoms with Gasteiger partial charge in [0, 0.05) is 38.8 Å². The molecule has 0 unspecified atom stereocenters. The van der Waals surface area contributed by atoms with Crippen LogP contribution in [0.25, 0.3) is 0 Å². The predicted molar refractivity (Wildman–Crippen MR) is 114 cm³/mol. The third-order valence-corrected chi connectivity index (χ3v) is 6.38. The van der Waals surface area contributed by atoms with E-state index in [1.54, 1.807) is 21.9 Å². The standard InChI is InChI=1S/C20H22ClF3N4O3S/c21-17-12-15(20(22,23)24)13-26-19(17)28-9-1-8-27(10-11-28)18(29)7-4-14-2-5-16(6-3-14)32(25,30)31/h2-3,5-6,12-13H,1,4,7-11H2,(H2,25,30,31). The number of alkyl halides is 3. The molecule has 2 heterocycles.